The first kappa shape index (κ1) is 16.1. The number of amides is 2. The minimum Gasteiger partial charge on any atom is -0.481 e. The molecule has 0 radical (unpaired) electrons. The van der Waals surface area contributed by atoms with Gasteiger partial charge in [-0.1, -0.05) is 19.3 Å². The van der Waals surface area contributed by atoms with Crippen molar-refractivity contribution in [2.24, 2.45) is 0 Å². The number of carboxylic acid groups (broad SMARTS) is 1. The Kier molecular flexibility index (Phi) is 5.45. The Morgan fingerprint density at radius 3 is 2.52 bits per heavy atom. The van der Waals surface area contributed by atoms with Crippen LogP contribution < -0.4 is 10.6 Å². The zero-order chi connectivity index (χ0) is 15.3. The SMILES string of the molecule is COC1CCCC1NC(=O)NC1(CC(=O)O)CCCCC1. The van der Waals surface area contributed by atoms with Crippen molar-refractivity contribution in [1.82, 2.24) is 10.6 Å². The number of hydrogen-bond acceptors (Lipinski definition) is 3. The number of methoxy groups -OCH3 is 1. The molecule has 21 heavy (non-hydrogen) atoms. The summed E-state index contributed by atoms with van der Waals surface area (Å²) in [5.74, 6) is -0.854. The van der Waals surface area contributed by atoms with E-state index in [1.807, 2.05) is 0 Å². The lowest BCUT2D eigenvalue weighted by molar-refractivity contribution is -0.139. The first-order chi connectivity index (χ1) is 10.0. The maximum absolute atomic E-state index is 12.2. The summed E-state index contributed by atoms with van der Waals surface area (Å²) in [7, 11) is 1.66. The zero-order valence-corrected chi connectivity index (χ0v) is 12.7. The number of rotatable bonds is 5. The van der Waals surface area contributed by atoms with Gasteiger partial charge in [-0.25, -0.2) is 4.79 Å². The molecule has 2 fully saturated rings. The Morgan fingerprint density at radius 1 is 1.19 bits per heavy atom. The van der Waals surface area contributed by atoms with Crippen LogP contribution in [0.1, 0.15) is 57.8 Å². The second-order valence-electron chi connectivity index (χ2n) is 6.32. The predicted molar refractivity (Wildman–Crippen MR) is 78.2 cm³/mol. The molecule has 2 amide bonds. The minimum atomic E-state index is -0.854. The normalized spacial score (nSPS) is 28.0. The molecule has 2 unspecified atom stereocenters. The van der Waals surface area contributed by atoms with E-state index >= 15 is 0 Å². The molecule has 2 saturated carbocycles. The number of ether oxygens (including phenoxy) is 1. The Balaban J connectivity index is 1.93. The lowest BCUT2D eigenvalue weighted by Gasteiger charge is -2.37. The average molecular weight is 298 g/mol. The van der Waals surface area contributed by atoms with Gasteiger partial charge in [0.1, 0.15) is 0 Å². The molecular formula is C15H26N2O4. The molecule has 0 bridgehead atoms. The standard InChI is InChI=1S/C15H26N2O4/c1-21-12-7-5-6-11(12)16-14(20)17-15(10-13(18)19)8-3-2-4-9-15/h11-12H,2-10H2,1H3,(H,18,19)(H2,16,17,20). The summed E-state index contributed by atoms with van der Waals surface area (Å²) in [6.45, 7) is 0. The third kappa shape index (κ3) is 4.33. The Hall–Kier alpha value is -1.30. The largest absolute Gasteiger partial charge is 0.481 e. The summed E-state index contributed by atoms with van der Waals surface area (Å²) in [5, 5.41) is 15.0. The van der Waals surface area contributed by atoms with Crippen LogP contribution in [0.5, 0.6) is 0 Å². The maximum atomic E-state index is 12.2. The van der Waals surface area contributed by atoms with E-state index < -0.39 is 11.5 Å². The summed E-state index contributed by atoms with van der Waals surface area (Å²) < 4.78 is 5.37. The molecule has 0 spiro atoms. The first-order valence-corrected chi connectivity index (χ1v) is 7.88. The summed E-state index contributed by atoms with van der Waals surface area (Å²) in [4.78, 5) is 23.4. The van der Waals surface area contributed by atoms with E-state index in [4.69, 9.17) is 9.84 Å². The molecule has 2 atom stereocenters. The topological polar surface area (TPSA) is 87.7 Å². The van der Waals surface area contributed by atoms with Gasteiger partial charge in [0.05, 0.1) is 24.1 Å². The number of carbonyl (C=O) groups excluding carboxylic acids is 1. The monoisotopic (exact) mass is 298 g/mol. The van der Waals surface area contributed by atoms with Gasteiger partial charge in [-0.05, 0) is 32.1 Å². The van der Waals surface area contributed by atoms with Crippen molar-refractivity contribution >= 4 is 12.0 Å². The lowest BCUT2D eigenvalue weighted by Crippen LogP contribution is -2.56. The number of carbonyl (C=O) groups is 2. The quantitative estimate of drug-likeness (QED) is 0.724. The van der Waals surface area contributed by atoms with Crippen LogP contribution in [0.15, 0.2) is 0 Å². The van der Waals surface area contributed by atoms with Gasteiger partial charge in [0.2, 0.25) is 0 Å². The minimum absolute atomic E-state index is 0.00120. The maximum Gasteiger partial charge on any atom is 0.315 e. The number of nitrogens with one attached hydrogen (secondary N) is 2. The third-order valence-electron chi connectivity index (χ3n) is 4.75. The second-order valence-corrected chi connectivity index (χ2v) is 6.32. The van der Waals surface area contributed by atoms with E-state index in [-0.39, 0.29) is 24.6 Å². The van der Waals surface area contributed by atoms with Crippen LogP contribution in [-0.2, 0) is 9.53 Å². The van der Waals surface area contributed by atoms with Crippen molar-refractivity contribution in [2.45, 2.75) is 75.5 Å². The van der Waals surface area contributed by atoms with Crippen LogP contribution in [-0.4, -0.2) is 41.9 Å². The van der Waals surface area contributed by atoms with E-state index in [0.717, 1.165) is 51.4 Å². The van der Waals surface area contributed by atoms with Crippen LogP contribution in [0.4, 0.5) is 4.79 Å². The molecule has 0 saturated heterocycles. The number of urea groups is 1. The highest BCUT2D eigenvalue weighted by Crippen LogP contribution is 2.31. The van der Waals surface area contributed by atoms with E-state index in [1.165, 1.54) is 0 Å². The lowest BCUT2D eigenvalue weighted by atomic mass is 9.79. The van der Waals surface area contributed by atoms with Gasteiger partial charge in [0.15, 0.2) is 0 Å². The molecular weight excluding hydrogens is 272 g/mol. The fourth-order valence-corrected chi connectivity index (χ4v) is 3.68. The molecule has 0 aromatic heterocycles. The fraction of sp³-hybridized carbons (Fsp3) is 0.867. The van der Waals surface area contributed by atoms with Gasteiger partial charge >= 0.3 is 12.0 Å². The van der Waals surface area contributed by atoms with Gasteiger partial charge in [0, 0.05) is 7.11 Å². The summed E-state index contributed by atoms with van der Waals surface area (Å²) in [5.41, 5.74) is -0.588. The fourth-order valence-electron chi connectivity index (χ4n) is 3.68. The van der Waals surface area contributed by atoms with Crippen molar-refractivity contribution in [3.8, 4) is 0 Å². The molecule has 2 aliphatic carbocycles. The summed E-state index contributed by atoms with van der Waals surface area (Å²) >= 11 is 0. The third-order valence-corrected chi connectivity index (χ3v) is 4.75. The highest BCUT2D eigenvalue weighted by molar-refractivity contribution is 5.77. The zero-order valence-electron chi connectivity index (χ0n) is 12.7. The highest BCUT2D eigenvalue weighted by atomic mass is 16.5. The highest BCUT2D eigenvalue weighted by Gasteiger charge is 2.37. The van der Waals surface area contributed by atoms with Crippen LogP contribution in [0.2, 0.25) is 0 Å². The number of hydrogen-bond donors (Lipinski definition) is 3. The van der Waals surface area contributed by atoms with Gasteiger partial charge in [0.25, 0.3) is 0 Å². The molecule has 120 valence electrons. The Morgan fingerprint density at radius 2 is 1.90 bits per heavy atom. The van der Waals surface area contributed by atoms with Gasteiger partial charge in [-0.15, -0.1) is 0 Å². The summed E-state index contributed by atoms with van der Waals surface area (Å²) in [6, 6.07) is -0.229. The molecule has 0 aromatic carbocycles. The summed E-state index contributed by atoms with van der Waals surface area (Å²) in [6.07, 6.45) is 7.52. The van der Waals surface area contributed by atoms with Gasteiger partial charge < -0.3 is 20.5 Å². The van der Waals surface area contributed by atoms with Crippen molar-refractivity contribution in [1.29, 1.82) is 0 Å². The number of aliphatic carboxylic acids is 1. The van der Waals surface area contributed by atoms with Crippen molar-refractivity contribution < 1.29 is 19.4 Å². The Bertz CT molecular complexity index is 380. The molecule has 2 rings (SSSR count). The first-order valence-electron chi connectivity index (χ1n) is 7.88. The van der Waals surface area contributed by atoms with Crippen molar-refractivity contribution in [3.05, 3.63) is 0 Å². The molecule has 0 heterocycles. The van der Waals surface area contributed by atoms with E-state index in [1.54, 1.807) is 7.11 Å². The molecule has 3 N–H and O–H groups in total. The van der Waals surface area contributed by atoms with E-state index in [9.17, 15) is 9.59 Å². The van der Waals surface area contributed by atoms with Crippen molar-refractivity contribution in [2.75, 3.05) is 7.11 Å². The van der Waals surface area contributed by atoms with Gasteiger partial charge in [-0.3, -0.25) is 4.79 Å². The molecule has 6 heteroatoms. The van der Waals surface area contributed by atoms with E-state index in [2.05, 4.69) is 10.6 Å². The van der Waals surface area contributed by atoms with Crippen LogP contribution in [0.25, 0.3) is 0 Å². The Labute approximate surface area is 125 Å². The van der Waals surface area contributed by atoms with Gasteiger partial charge in [-0.2, -0.15) is 0 Å². The molecule has 6 nitrogen and oxygen atoms in total. The van der Waals surface area contributed by atoms with Crippen LogP contribution in [0, 0.1) is 0 Å². The number of carboxylic acids is 1. The van der Waals surface area contributed by atoms with Crippen LogP contribution >= 0.6 is 0 Å². The molecule has 0 aliphatic heterocycles. The smallest absolute Gasteiger partial charge is 0.315 e. The second kappa shape index (κ2) is 7.11. The average Bonchev–Trinajstić information content (AvgIpc) is 2.85. The van der Waals surface area contributed by atoms with Crippen LogP contribution in [0.3, 0.4) is 0 Å². The van der Waals surface area contributed by atoms with Crippen molar-refractivity contribution in [3.63, 3.8) is 0 Å². The van der Waals surface area contributed by atoms with E-state index in [0.29, 0.717) is 0 Å². The predicted octanol–water partition coefficient (Wildman–Crippen LogP) is 2.03. The molecule has 2 aliphatic rings. The molecule has 0 aromatic rings.